The largest absolute Gasteiger partial charge is 0.352 e. The van der Waals surface area contributed by atoms with E-state index < -0.39 is 11.8 Å². The molecule has 24 heavy (non-hydrogen) atoms. The Balaban J connectivity index is 2.18. The Hall–Kier alpha value is -2.31. The lowest BCUT2D eigenvalue weighted by atomic mass is 10.1. The summed E-state index contributed by atoms with van der Waals surface area (Å²) >= 11 is 11.6. The Morgan fingerprint density at radius 2 is 1.79 bits per heavy atom. The van der Waals surface area contributed by atoms with Gasteiger partial charge in [-0.2, -0.15) is 0 Å². The fraction of sp³-hybridized carbons (Fsp3) is 0.125. The molecule has 0 aliphatic heterocycles. The van der Waals surface area contributed by atoms with Crippen molar-refractivity contribution in [3.63, 3.8) is 0 Å². The van der Waals surface area contributed by atoms with Crippen LogP contribution in [-0.4, -0.2) is 18.5 Å². The predicted octanol–water partition coefficient (Wildman–Crippen LogP) is 4.53. The molecule has 0 spiro atoms. The summed E-state index contributed by atoms with van der Waals surface area (Å²) in [7, 11) is 0. The van der Waals surface area contributed by atoms with E-state index in [9.17, 15) is 14.0 Å². The molecule has 3 N–H and O–H groups in total. The summed E-state index contributed by atoms with van der Waals surface area (Å²) in [6, 6.07) is 7.47. The Labute approximate surface area is 148 Å². The second-order valence-electron chi connectivity index (χ2n) is 4.79. The molecule has 0 aliphatic rings. The molecule has 5 nitrogen and oxygen atoms in total. The maximum absolute atomic E-state index is 13.3. The first-order valence-corrected chi connectivity index (χ1v) is 7.76. The SMILES string of the molecule is CCNC(=O)c1ccc(Cl)cc1NC(=O)Nc1cc(F)cc(Cl)c1. The van der Waals surface area contributed by atoms with Crippen molar-refractivity contribution in [1.82, 2.24) is 5.32 Å². The van der Waals surface area contributed by atoms with Crippen LogP contribution in [-0.2, 0) is 0 Å². The van der Waals surface area contributed by atoms with Crippen molar-refractivity contribution in [2.24, 2.45) is 0 Å². The van der Waals surface area contributed by atoms with Gasteiger partial charge in [0.1, 0.15) is 5.82 Å². The second-order valence-corrected chi connectivity index (χ2v) is 5.66. The summed E-state index contributed by atoms with van der Waals surface area (Å²) in [5.74, 6) is -0.929. The Morgan fingerprint density at radius 3 is 2.46 bits per heavy atom. The van der Waals surface area contributed by atoms with Gasteiger partial charge in [0.2, 0.25) is 0 Å². The number of nitrogens with one attached hydrogen (secondary N) is 3. The van der Waals surface area contributed by atoms with Gasteiger partial charge in [-0.3, -0.25) is 4.79 Å². The van der Waals surface area contributed by atoms with E-state index in [1.807, 2.05) is 0 Å². The number of carbonyl (C=O) groups is 2. The van der Waals surface area contributed by atoms with Gasteiger partial charge in [-0.15, -0.1) is 0 Å². The second kappa shape index (κ2) is 7.99. The topological polar surface area (TPSA) is 70.2 Å². The van der Waals surface area contributed by atoms with Crippen LogP contribution >= 0.6 is 23.2 Å². The van der Waals surface area contributed by atoms with Gasteiger partial charge in [-0.05, 0) is 43.3 Å². The molecule has 2 aromatic rings. The van der Waals surface area contributed by atoms with E-state index in [4.69, 9.17) is 23.2 Å². The van der Waals surface area contributed by atoms with Gasteiger partial charge in [-0.25, -0.2) is 9.18 Å². The molecule has 2 rings (SSSR count). The number of halogens is 3. The molecular formula is C16H14Cl2FN3O2. The number of urea groups is 1. The highest BCUT2D eigenvalue weighted by Gasteiger charge is 2.14. The van der Waals surface area contributed by atoms with Crippen LogP contribution < -0.4 is 16.0 Å². The van der Waals surface area contributed by atoms with Crippen LogP contribution in [0, 0.1) is 5.82 Å². The summed E-state index contributed by atoms with van der Waals surface area (Å²) in [5, 5.41) is 8.10. The number of hydrogen-bond donors (Lipinski definition) is 3. The molecule has 0 fully saturated rings. The molecule has 0 radical (unpaired) electrons. The van der Waals surface area contributed by atoms with Crippen molar-refractivity contribution >= 4 is 46.5 Å². The number of amides is 3. The lowest BCUT2D eigenvalue weighted by molar-refractivity contribution is 0.0956. The molecule has 0 saturated carbocycles. The summed E-state index contributed by atoms with van der Waals surface area (Å²) in [4.78, 5) is 24.1. The van der Waals surface area contributed by atoms with Gasteiger partial charge in [0.15, 0.2) is 0 Å². The standard InChI is InChI=1S/C16H14Cl2FN3O2/c1-2-20-15(23)13-4-3-9(17)7-14(13)22-16(24)21-12-6-10(18)5-11(19)8-12/h3-8H,2H2,1H3,(H,20,23)(H2,21,22,24). The fourth-order valence-electron chi connectivity index (χ4n) is 1.98. The highest BCUT2D eigenvalue weighted by atomic mass is 35.5. The molecular weight excluding hydrogens is 356 g/mol. The fourth-order valence-corrected chi connectivity index (χ4v) is 2.38. The molecule has 8 heteroatoms. The monoisotopic (exact) mass is 369 g/mol. The van der Waals surface area contributed by atoms with E-state index in [0.29, 0.717) is 11.6 Å². The summed E-state index contributed by atoms with van der Waals surface area (Å²) in [6.45, 7) is 2.22. The Kier molecular flexibility index (Phi) is 6.00. The van der Waals surface area contributed by atoms with E-state index in [0.717, 1.165) is 12.1 Å². The third kappa shape index (κ3) is 4.84. The van der Waals surface area contributed by atoms with E-state index in [-0.39, 0.29) is 27.9 Å². The molecule has 0 atom stereocenters. The van der Waals surface area contributed by atoms with Crippen molar-refractivity contribution in [3.8, 4) is 0 Å². The molecule has 0 unspecified atom stereocenters. The van der Waals surface area contributed by atoms with Gasteiger partial charge in [0.05, 0.1) is 11.3 Å². The molecule has 3 amide bonds. The maximum atomic E-state index is 13.3. The van der Waals surface area contributed by atoms with Crippen LogP contribution in [0.4, 0.5) is 20.6 Å². The van der Waals surface area contributed by atoms with Crippen molar-refractivity contribution in [2.75, 3.05) is 17.2 Å². The summed E-state index contributed by atoms with van der Waals surface area (Å²) in [5.41, 5.74) is 0.668. The van der Waals surface area contributed by atoms with E-state index in [1.54, 1.807) is 13.0 Å². The van der Waals surface area contributed by atoms with Crippen LogP contribution in [0.1, 0.15) is 17.3 Å². The average Bonchev–Trinajstić information content (AvgIpc) is 2.46. The number of carbonyl (C=O) groups excluding carboxylic acids is 2. The first-order valence-electron chi connectivity index (χ1n) is 7.01. The number of benzene rings is 2. The zero-order chi connectivity index (χ0) is 17.7. The van der Waals surface area contributed by atoms with Crippen molar-refractivity contribution in [3.05, 3.63) is 57.8 Å². The molecule has 0 heterocycles. The van der Waals surface area contributed by atoms with Crippen LogP contribution in [0.5, 0.6) is 0 Å². The molecule has 126 valence electrons. The van der Waals surface area contributed by atoms with Crippen LogP contribution in [0.3, 0.4) is 0 Å². The predicted molar refractivity (Wildman–Crippen MR) is 93.5 cm³/mol. The smallest absolute Gasteiger partial charge is 0.323 e. The third-order valence-electron chi connectivity index (χ3n) is 2.93. The van der Waals surface area contributed by atoms with E-state index in [1.165, 1.54) is 18.2 Å². The lowest BCUT2D eigenvalue weighted by Crippen LogP contribution is -2.26. The van der Waals surface area contributed by atoms with E-state index >= 15 is 0 Å². The molecule has 0 aliphatic carbocycles. The first kappa shape index (κ1) is 18.0. The molecule has 0 saturated heterocycles. The van der Waals surface area contributed by atoms with Crippen LogP contribution in [0.2, 0.25) is 10.0 Å². The van der Waals surface area contributed by atoms with Crippen LogP contribution in [0.25, 0.3) is 0 Å². The Morgan fingerprint density at radius 1 is 1.04 bits per heavy atom. The highest BCUT2D eigenvalue weighted by Crippen LogP contribution is 2.22. The molecule has 2 aromatic carbocycles. The highest BCUT2D eigenvalue weighted by molar-refractivity contribution is 6.31. The van der Waals surface area contributed by atoms with Crippen molar-refractivity contribution in [1.29, 1.82) is 0 Å². The van der Waals surface area contributed by atoms with Gasteiger partial charge >= 0.3 is 6.03 Å². The number of hydrogen-bond acceptors (Lipinski definition) is 2. The zero-order valence-corrected chi connectivity index (χ0v) is 14.1. The van der Waals surface area contributed by atoms with Crippen molar-refractivity contribution in [2.45, 2.75) is 6.92 Å². The normalized spacial score (nSPS) is 10.2. The Bertz CT molecular complexity index is 764. The van der Waals surface area contributed by atoms with Gasteiger partial charge in [-0.1, -0.05) is 23.2 Å². The minimum Gasteiger partial charge on any atom is -0.352 e. The zero-order valence-electron chi connectivity index (χ0n) is 12.6. The average molecular weight is 370 g/mol. The molecule has 0 bridgehead atoms. The summed E-state index contributed by atoms with van der Waals surface area (Å²) in [6.07, 6.45) is 0. The van der Waals surface area contributed by atoms with Gasteiger partial charge < -0.3 is 16.0 Å². The third-order valence-corrected chi connectivity index (χ3v) is 3.39. The van der Waals surface area contributed by atoms with Crippen LogP contribution in [0.15, 0.2) is 36.4 Å². The quantitative estimate of drug-likeness (QED) is 0.740. The lowest BCUT2D eigenvalue weighted by Gasteiger charge is -2.12. The first-order chi connectivity index (χ1) is 11.4. The van der Waals surface area contributed by atoms with Crippen molar-refractivity contribution < 1.29 is 14.0 Å². The number of anilines is 2. The number of rotatable bonds is 4. The van der Waals surface area contributed by atoms with Gasteiger partial charge in [0.25, 0.3) is 5.91 Å². The minimum absolute atomic E-state index is 0.149. The summed E-state index contributed by atoms with van der Waals surface area (Å²) < 4.78 is 13.3. The van der Waals surface area contributed by atoms with Gasteiger partial charge in [0, 0.05) is 22.3 Å². The van der Waals surface area contributed by atoms with E-state index in [2.05, 4.69) is 16.0 Å². The minimum atomic E-state index is -0.663. The molecule has 0 aromatic heterocycles. The maximum Gasteiger partial charge on any atom is 0.323 e.